The number of aliphatic carboxylic acids is 1. The molecule has 0 aromatic heterocycles. The van der Waals surface area contributed by atoms with Crippen LogP contribution in [0.15, 0.2) is 48.5 Å². The molecule has 2 aromatic rings. The number of carbonyl (C=O) groups excluding carboxylic acids is 3. The Morgan fingerprint density at radius 3 is 2.41 bits per heavy atom. The SMILES string of the molecule is Cc1ccccc1C(CC(=O)O)NC(=O)c1ccc(CC2CC(=O)NC2=O)cc1. The Kier molecular flexibility index (Phi) is 6.07. The van der Waals surface area contributed by atoms with E-state index in [4.69, 9.17) is 0 Å². The van der Waals surface area contributed by atoms with Gasteiger partial charge in [-0.2, -0.15) is 0 Å². The average Bonchev–Trinajstić information content (AvgIpc) is 2.98. The van der Waals surface area contributed by atoms with Crippen LogP contribution in [0.2, 0.25) is 0 Å². The topological polar surface area (TPSA) is 113 Å². The number of imide groups is 1. The van der Waals surface area contributed by atoms with Crippen molar-refractivity contribution in [3.8, 4) is 0 Å². The lowest BCUT2D eigenvalue weighted by Crippen LogP contribution is -2.30. The summed E-state index contributed by atoms with van der Waals surface area (Å²) in [6, 6.07) is 13.4. The van der Waals surface area contributed by atoms with Crippen LogP contribution in [0.4, 0.5) is 0 Å². The Bertz CT molecular complexity index is 952. The van der Waals surface area contributed by atoms with Crippen molar-refractivity contribution in [1.29, 1.82) is 0 Å². The van der Waals surface area contributed by atoms with Crippen molar-refractivity contribution < 1.29 is 24.3 Å². The van der Waals surface area contributed by atoms with Gasteiger partial charge in [0.1, 0.15) is 0 Å². The number of carboxylic acids is 1. The third-order valence-electron chi connectivity index (χ3n) is 5.01. The van der Waals surface area contributed by atoms with Gasteiger partial charge in [-0.1, -0.05) is 36.4 Å². The summed E-state index contributed by atoms with van der Waals surface area (Å²) in [5.74, 6) is -2.30. The Balaban J connectivity index is 1.70. The zero-order valence-electron chi connectivity index (χ0n) is 16.0. The van der Waals surface area contributed by atoms with Gasteiger partial charge in [-0.15, -0.1) is 0 Å². The van der Waals surface area contributed by atoms with Crippen LogP contribution in [0, 0.1) is 12.8 Å². The number of hydrogen-bond donors (Lipinski definition) is 3. The summed E-state index contributed by atoms with van der Waals surface area (Å²) >= 11 is 0. The molecule has 2 atom stereocenters. The van der Waals surface area contributed by atoms with E-state index in [1.807, 2.05) is 25.1 Å². The molecule has 150 valence electrons. The van der Waals surface area contributed by atoms with E-state index in [0.29, 0.717) is 12.0 Å². The number of amides is 3. The summed E-state index contributed by atoms with van der Waals surface area (Å²) in [6.07, 6.45) is 0.373. The Morgan fingerprint density at radius 1 is 1.14 bits per heavy atom. The Hall–Kier alpha value is -3.48. The number of nitrogens with one attached hydrogen (secondary N) is 2. The minimum absolute atomic E-state index is 0.175. The molecule has 3 N–H and O–H groups in total. The molecule has 7 heteroatoms. The monoisotopic (exact) mass is 394 g/mol. The first-order valence-corrected chi connectivity index (χ1v) is 9.34. The maximum Gasteiger partial charge on any atom is 0.305 e. The number of aryl methyl sites for hydroxylation is 1. The second kappa shape index (κ2) is 8.68. The second-order valence-corrected chi connectivity index (χ2v) is 7.20. The number of rotatable bonds is 7. The van der Waals surface area contributed by atoms with Gasteiger partial charge >= 0.3 is 5.97 Å². The van der Waals surface area contributed by atoms with E-state index in [9.17, 15) is 24.3 Å². The molecular weight excluding hydrogens is 372 g/mol. The fourth-order valence-electron chi connectivity index (χ4n) is 3.48. The van der Waals surface area contributed by atoms with Gasteiger partial charge in [0.05, 0.1) is 18.4 Å². The molecule has 3 amide bonds. The molecule has 1 aliphatic heterocycles. The highest BCUT2D eigenvalue weighted by Gasteiger charge is 2.30. The van der Waals surface area contributed by atoms with Gasteiger partial charge in [-0.25, -0.2) is 0 Å². The number of carboxylic acid groups (broad SMARTS) is 1. The zero-order valence-corrected chi connectivity index (χ0v) is 16.0. The Morgan fingerprint density at radius 2 is 1.83 bits per heavy atom. The summed E-state index contributed by atoms with van der Waals surface area (Å²) in [5, 5.41) is 14.3. The van der Waals surface area contributed by atoms with Gasteiger partial charge in [0.2, 0.25) is 11.8 Å². The number of carbonyl (C=O) groups is 4. The van der Waals surface area contributed by atoms with Crippen LogP contribution in [0.3, 0.4) is 0 Å². The minimum atomic E-state index is -1.00. The molecule has 1 heterocycles. The fraction of sp³-hybridized carbons (Fsp3) is 0.273. The van der Waals surface area contributed by atoms with E-state index in [-0.39, 0.29) is 36.5 Å². The van der Waals surface area contributed by atoms with Gasteiger partial charge in [-0.3, -0.25) is 24.5 Å². The van der Waals surface area contributed by atoms with E-state index in [1.165, 1.54) is 0 Å². The minimum Gasteiger partial charge on any atom is -0.481 e. The van der Waals surface area contributed by atoms with Gasteiger partial charge in [0.15, 0.2) is 0 Å². The first kappa shape index (κ1) is 20.3. The highest BCUT2D eigenvalue weighted by molar-refractivity contribution is 6.03. The fourth-order valence-corrected chi connectivity index (χ4v) is 3.48. The maximum atomic E-state index is 12.7. The number of hydrogen-bond acceptors (Lipinski definition) is 4. The molecule has 1 fully saturated rings. The van der Waals surface area contributed by atoms with E-state index in [2.05, 4.69) is 10.6 Å². The van der Waals surface area contributed by atoms with Crippen LogP contribution in [-0.4, -0.2) is 28.8 Å². The van der Waals surface area contributed by atoms with Crippen molar-refractivity contribution >= 4 is 23.7 Å². The van der Waals surface area contributed by atoms with E-state index >= 15 is 0 Å². The summed E-state index contributed by atoms with van der Waals surface area (Å²) in [7, 11) is 0. The van der Waals surface area contributed by atoms with E-state index in [0.717, 1.165) is 16.7 Å². The third-order valence-corrected chi connectivity index (χ3v) is 5.01. The summed E-state index contributed by atoms with van der Waals surface area (Å²) in [6.45, 7) is 1.87. The normalized spacial score (nSPS) is 16.9. The molecule has 1 saturated heterocycles. The second-order valence-electron chi connectivity index (χ2n) is 7.20. The molecular formula is C22H22N2O5. The van der Waals surface area contributed by atoms with Crippen molar-refractivity contribution in [2.75, 3.05) is 0 Å². The quantitative estimate of drug-likeness (QED) is 0.623. The zero-order chi connectivity index (χ0) is 21.0. The Labute approximate surface area is 168 Å². The van der Waals surface area contributed by atoms with Gasteiger partial charge in [0.25, 0.3) is 5.91 Å². The lowest BCUT2D eigenvalue weighted by Gasteiger charge is -2.19. The lowest BCUT2D eigenvalue weighted by molar-refractivity contribution is -0.137. The first-order chi connectivity index (χ1) is 13.8. The van der Waals surface area contributed by atoms with Crippen LogP contribution < -0.4 is 10.6 Å². The predicted molar refractivity (Wildman–Crippen MR) is 105 cm³/mol. The summed E-state index contributed by atoms with van der Waals surface area (Å²) < 4.78 is 0. The maximum absolute atomic E-state index is 12.7. The molecule has 7 nitrogen and oxygen atoms in total. The van der Waals surface area contributed by atoms with Gasteiger partial charge < -0.3 is 10.4 Å². The van der Waals surface area contributed by atoms with E-state index < -0.39 is 12.0 Å². The van der Waals surface area contributed by atoms with E-state index in [1.54, 1.807) is 30.3 Å². The van der Waals surface area contributed by atoms with Crippen molar-refractivity contribution in [3.63, 3.8) is 0 Å². The van der Waals surface area contributed by atoms with Crippen molar-refractivity contribution in [2.24, 2.45) is 5.92 Å². The molecule has 29 heavy (non-hydrogen) atoms. The van der Waals surface area contributed by atoms with Crippen LogP contribution >= 0.6 is 0 Å². The third kappa shape index (κ3) is 5.07. The largest absolute Gasteiger partial charge is 0.481 e. The molecule has 3 rings (SSSR count). The van der Waals surface area contributed by atoms with Crippen LogP contribution in [0.25, 0.3) is 0 Å². The lowest BCUT2D eigenvalue weighted by atomic mass is 9.96. The van der Waals surface area contributed by atoms with Crippen LogP contribution in [0.1, 0.15) is 45.9 Å². The standard InChI is InChI=1S/C22H22N2O5/c1-13-4-2-3-5-17(13)18(12-20(26)27)23-21(28)15-8-6-14(7-9-15)10-16-11-19(25)24-22(16)29/h2-9,16,18H,10-12H2,1H3,(H,23,28)(H,26,27)(H,24,25,29). The molecule has 0 radical (unpaired) electrons. The molecule has 2 unspecified atom stereocenters. The van der Waals surface area contributed by atoms with Gasteiger partial charge in [-0.05, 0) is 42.2 Å². The molecule has 0 saturated carbocycles. The highest BCUT2D eigenvalue weighted by atomic mass is 16.4. The first-order valence-electron chi connectivity index (χ1n) is 9.34. The van der Waals surface area contributed by atoms with Crippen molar-refractivity contribution in [2.45, 2.75) is 32.2 Å². The van der Waals surface area contributed by atoms with Crippen LogP contribution in [0.5, 0.6) is 0 Å². The molecule has 1 aliphatic rings. The van der Waals surface area contributed by atoms with Crippen molar-refractivity contribution in [3.05, 3.63) is 70.8 Å². The molecule has 0 spiro atoms. The van der Waals surface area contributed by atoms with Crippen LogP contribution in [-0.2, 0) is 20.8 Å². The van der Waals surface area contributed by atoms with Gasteiger partial charge in [0, 0.05) is 12.0 Å². The molecule has 2 aromatic carbocycles. The van der Waals surface area contributed by atoms with Crippen molar-refractivity contribution in [1.82, 2.24) is 10.6 Å². The number of benzene rings is 2. The highest BCUT2D eigenvalue weighted by Crippen LogP contribution is 2.22. The average molecular weight is 394 g/mol. The molecule has 0 aliphatic carbocycles. The summed E-state index contributed by atoms with van der Waals surface area (Å²) in [4.78, 5) is 46.9. The molecule has 0 bridgehead atoms. The summed E-state index contributed by atoms with van der Waals surface area (Å²) in [5.41, 5.74) is 2.90. The predicted octanol–water partition coefficient (Wildman–Crippen LogP) is 2.15. The smallest absolute Gasteiger partial charge is 0.305 e.